The number of halogens is 5. The van der Waals surface area contributed by atoms with Crippen LogP contribution in [0.4, 0.5) is 22.0 Å². The first-order valence-electron chi connectivity index (χ1n) is 3.01. The zero-order valence-corrected chi connectivity index (χ0v) is 6.11. The first kappa shape index (κ1) is 11.9. The SMILES string of the molecule is O=C(O)C=CCC(F)(F)C(F)(F)F. The predicted molar refractivity (Wildman–Crippen MR) is 32.4 cm³/mol. The highest BCUT2D eigenvalue weighted by atomic mass is 19.4. The lowest BCUT2D eigenvalue weighted by atomic mass is 10.2. The number of allylic oxidation sites excluding steroid dienone is 1. The first-order valence-corrected chi connectivity index (χ1v) is 3.01. The second kappa shape index (κ2) is 3.71. The molecule has 7 heteroatoms. The van der Waals surface area contributed by atoms with Crippen LogP contribution < -0.4 is 0 Å². The summed E-state index contributed by atoms with van der Waals surface area (Å²) in [6, 6.07) is 0. The van der Waals surface area contributed by atoms with Crippen LogP contribution >= 0.6 is 0 Å². The molecule has 13 heavy (non-hydrogen) atoms. The lowest BCUT2D eigenvalue weighted by Crippen LogP contribution is -2.35. The summed E-state index contributed by atoms with van der Waals surface area (Å²) in [5.74, 6) is -6.45. The molecular weight excluding hydrogens is 199 g/mol. The Kier molecular flexibility index (Phi) is 3.39. The summed E-state index contributed by atoms with van der Waals surface area (Å²) in [5.41, 5.74) is 0. The molecule has 2 nitrogen and oxygen atoms in total. The molecule has 0 aliphatic carbocycles. The van der Waals surface area contributed by atoms with Gasteiger partial charge in [0.25, 0.3) is 0 Å². The number of aliphatic carboxylic acids is 1. The summed E-state index contributed by atoms with van der Waals surface area (Å²) in [4.78, 5) is 9.72. The second-order valence-corrected chi connectivity index (χ2v) is 2.15. The smallest absolute Gasteiger partial charge is 0.453 e. The maximum Gasteiger partial charge on any atom is 0.453 e. The number of rotatable bonds is 3. The minimum Gasteiger partial charge on any atom is -0.478 e. The van der Waals surface area contributed by atoms with E-state index in [1.165, 1.54) is 0 Å². The minimum absolute atomic E-state index is 0.236. The van der Waals surface area contributed by atoms with E-state index in [-0.39, 0.29) is 12.2 Å². The van der Waals surface area contributed by atoms with Crippen LogP contribution in [0.1, 0.15) is 6.42 Å². The van der Waals surface area contributed by atoms with Crippen LogP contribution in [0.25, 0.3) is 0 Å². The molecule has 0 radical (unpaired) electrons. The Morgan fingerprint density at radius 3 is 2.00 bits per heavy atom. The zero-order valence-electron chi connectivity index (χ0n) is 6.11. The molecule has 0 aromatic carbocycles. The minimum atomic E-state index is -5.64. The highest BCUT2D eigenvalue weighted by Gasteiger charge is 2.56. The molecule has 0 bridgehead atoms. The van der Waals surface area contributed by atoms with Gasteiger partial charge in [-0.25, -0.2) is 4.79 Å². The van der Waals surface area contributed by atoms with Crippen LogP contribution in [0.15, 0.2) is 12.2 Å². The molecular formula is C6H5F5O2. The van der Waals surface area contributed by atoms with Gasteiger partial charge >= 0.3 is 18.1 Å². The van der Waals surface area contributed by atoms with E-state index in [1.54, 1.807) is 0 Å². The fraction of sp³-hybridized carbons (Fsp3) is 0.500. The average Bonchev–Trinajstić information content (AvgIpc) is 1.82. The lowest BCUT2D eigenvalue weighted by Gasteiger charge is -2.17. The molecule has 0 unspecified atom stereocenters. The fourth-order valence-electron chi connectivity index (χ4n) is 0.423. The van der Waals surface area contributed by atoms with Gasteiger partial charge in [-0.3, -0.25) is 0 Å². The number of hydrogen-bond donors (Lipinski definition) is 1. The van der Waals surface area contributed by atoms with Gasteiger partial charge in [-0.05, 0) is 0 Å². The molecule has 0 spiro atoms. The number of carboxylic acids is 1. The van der Waals surface area contributed by atoms with Crippen LogP contribution in [-0.4, -0.2) is 23.2 Å². The van der Waals surface area contributed by atoms with Gasteiger partial charge in [-0.1, -0.05) is 6.08 Å². The molecule has 0 saturated carbocycles. The van der Waals surface area contributed by atoms with E-state index in [0.717, 1.165) is 0 Å². The topological polar surface area (TPSA) is 37.3 Å². The van der Waals surface area contributed by atoms with E-state index in [9.17, 15) is 26.7 Å². The summed E-state index contributed by atoms with van der Waals surface area (Å²) in [6.07, 6.45) is -6.81. The molecule has 1 N–H and O–H groups in total. The van der Waals surface area contributed by atoms with Crippen LogP contribution in [0.2, 0.25) is 0 Å². The molecule has 0 aromatic rings. The zero-order chi connectivity index (χ0) is 10.7. The Hall–Kier alpha value is -1.14. The standard InChI is InChI=1S/C6H5F5O2/c7-5(8,6(9,10)11)3-1-2-4(12)13/h1-2H,3H2,(H,12,13). The summed E-state index contributed by atoms with van der Waals surface area (Å²) in [7, 11) is 0. The van der Waals surface area contributed by atoms with E-state index in [2.05, 4.69) is 0 Å². The molecule has 0 fully saturated rings. The maximum atomic E-state index is 12.0. The predicted octanol–water partition coefficient (Wildman–Crippen LogP) is 2.21. The van der Waals surface area contributed by atoms with Crippen molar-refractivity contribution in [3.8, 4) is 0 Å². The Labute approximate surface area is 69.7 Å². The van der Waals surface area contributed by atoms with Gasteiger partial charge in [0.05, 0.1) is 0 Å². The van der Waals surface area contributed by atoms with Crippen molar-refractivity contribution in [3.05, 3.63) is 12.2 Å². The third kappa shape index (κ3) is 3.86. The van der Waals surface area contributed by atoms with Gasteiger partial charge in [0.1, 0.15) is 0 Å². The van der Waals surface area contributed by atoms with Crippen LogP contribution in [-0.2, 0) is 4.79 Å². The maximum absolute atomic E-state index is 12.0. The van der Waals surface area contributed by atoms with Gasteiger partial charge in [0, 0.05) is 12.5 Å². The molecule has 0 heterocycles. The molecule has 0 atom stereocenters. The molecule has 0 aliphatic heterocycles. The summed E-state index contributed by atoms with van der Waals surface area (Å²) < 4.78 is 58.3. The monoisotopic (exact) mass is 204 g/mol. The first-order chi connectivity index (χ1) is 5.67. The number of alkyl halides is 5. The van der Waals surface area contributed by atoms with Crippen molar-refractivity contribution in [2.75, 3.05) is 0 Å². The normalized spacial score (nSPS) is 13.6. The fourth-order valence-corrected chi connectivity index (χ4v) is 0.423. The van der Waals surface area contributed by atoms with Gasteiger partial charge < -0.3 is 5.11 Å². The van der Waals surface area contributed by atoms with Gasteiger partial charge in [0.2, 0.25) is 0 Å². The van der Waals surface area contributed by atoms with E-state index in [1.807, 2.05) is 0 Å². The van der Waals surface area contributed by atoms with E-state index < -0.39 is 24.5 Å². The molecule has 0 rings (SSSR count). The number of hydrogen-bond acceptors (Lipinski definition) is 1. The van der Waals surface area contributed by atoms with Gasteiger partial charge in [0.15, 0.2) is 0 Å². The van der Waals surface area contributed by atoms with Gasteiger partial charge in [-0.2, -0.15) is 22.0 Å². The van der Waals surface area contributed by atoms with Crippen LogP contribution in [0.5, 0.6) is 0 Å². The Morgan fingerprint density at radius 1 is 1.23 bits per heavy atom. The van der Waals surface area contributed by atoms with Crippen molar-refractivity contribution in [3.63, 3.8) is 0 Å². The van der Waals surface area contributed by atoms with E-state index >= 15 is 0 Å². The summed E-state index contributed by atoms with van der Waals surface area (Å²) >= 11 is 0. The van der Waals surface area contributed by atoms with Gasteiger partial charge in [-0.15, -0.1) is 0 Å². The van der Waals surface area contributed by atoms with E-state index in [0.29, 0.717) is 0 Å². The highest BCUT2D eigenvalue weighted by Crippen LogP contribution is 2.38. The van der Waals surface area contributed by atoms with E-state index in [4.69, 9.17) is 5.11 Å². The lowest BCUT2D eigenvalue weighted by molar-refractivity contribution is -0.280. The molecule has 76 valence electrons. The van der Waals surface area contributed by atoms with Crippen molar-refractivity contribution in [2.45, 2.75) is 18.5 Å². The highest BCUT2D eigenvalue weighted by molar-refractivity contribution is 5.79. The average molecular weight is 204 g/mol. The Morgan fingerprint density at radius 2 is 1.69 bits per heavy atom. The van der Waals surface area contributed by atoms with Crippen molar-refractivity contribution >= 4 is 5.97 Å². The molecule has 0 aliphatic rings. The van der Waals surface area contributed by atoms with Crippen molar-refractivity contribution in [1.29, 1.82) is 0 Å². The van der Waals surface area contributed by atoms with Crippen LogP contribution in [0, 0.1) is 0 Å². The molecule has 0 saturated heterocycles. The largest absolute Gasteiger partial charge is 0.478 e. The number of carboxylic acid groups (broad SMARTS) is 1. The molecule has 0 amide bonds. The second-order valence-electron chi connectivity index (χ2n) is 2.15. The van der Waals surface area contributed by atoms with Crippen molar-refractivity contribution in [1.82, 2.24) is 0 Å². The third-order valence-electron chi connectivity index (χ3n) is 1.05. The Bertz CT molecular complexity index is 218. The van der Waals surface area contributed by atoms with Crippen molar-refractivity contribution < 1.29 is 31.9 Å². The summed E-state index contributed by atoms with van der Waals surface area (Å²) in [5, 5.41) is 7.90. The quantitative estimate of drug-likeness (QED) is 0.565. The summed E-state index contributed by atoms with van der Waals surface area (Å²) in [6.45, 7) is 0. The number of carbonyl (C=O) groups is 1. The van der Waals surface area contributed by atoms with Crippen molar-refractivity contribution in [2.24, 2.45) is 0 Å². The van der Waals surface area contributed by atoms with Crippen LogP contribution in [0.3, 0.4) is 0 Å². The molecule has 0 aromatic heterocycles. The third-order valence-corrected chi connectivity index (χ3v) is 1.05. The Balaban J connectivity index is 4.27.